The molecule has 0 aliphatic rings. The van der Waals surface area contributed by atoms with Gasteiger partial charge in [-0.2, -0.15) is 0 Å². The average Bonchev–Trinajstić information content (AvgIpc) is 2.01. The molecule has 0 unspecified atom stereocenters. The third kappa shape index (κ3) is 2.97. The molecule has 0 atom stereocenters. The number of sulfonamides is 1. The summed E-state index contributed by atoms with van der Waals surface area (Å²) >= 11 is 0. The number of hydrogen-bond acceptors (Lipinski definition) is 3. The van der Waals surface area contributed by atoms with Crippen molar-refractivity contribution in [2.45, 2.75) is 6.54 Å². The van der Waals surface area contributed by atoms with Gasteiger partial charge < -0.3 is 5.73 Å². The van der Waals surface area contributed by atoms with Crippen LogP contribution in [0.3, 0.4) is 0 Å². The van der Waals surface area contributed by atoms with Crippen LogP contribution in [-0.2, 0) is 16.6 Å². The lowest BCUT2D eigenvalue weighted by Gasteiger charge is -2.06. The number of hydrogen-bond donors (Lipinski definition) is 2. The van der Waals surface area contributed by atoms with Crippen LogP contribution in [0.2, 0.25) is 0 Å². The molecule has 14 heavy (non-hydrogen) atoms. The summed E-state index contributed by atoms with van der Waals surface area (Å²) in [6.45, 7) is -0.128. The van der Waals surface area contributed by atoms with Gasteiger partial charge in [0, 0.05) is 17.8 Å². The monoisotopic (exact) mass is 218 g/mol. The number of rotatable bonds is 3. The zero-order chi connectivity index (χ0) is 10.8. The summed E-state index contributed by atoms with van der Waals surface area (Å²) in [5, 5.41) is 0. The van der Waals surface area contributed by atoms with E-state index in [1.165, 1.54) is 18.2 Å². The van der Waals surface area contributed by atoms with Crippen LogP contribution in [0.15, 0.2) is 18.2 Å². The molecule has 0 heterocycles. The van der Waals surface area contributed by atoms with Crippen molar-refractivity contribution in [2.75, 3.05) is 12.0 Å². The molecule has 1 aromatic carbocycles. The fourth-order valence-corrected chi connectivity index (χ4v) is 1.37. The molecule has 0 amide bonds. The van der Waals surface area contributed by atoms with E-state index in [2.05, 4.69) is 4.72 Å². The Morgan fingerprint density at radius 3 is 2.64 bits per heavy atom. The molecule has 0 fully saturated rings. The van der Waals surface area contributed by atoms with Crippen LogP contribution in [0, 0.1) is 5.82 Å². The van der Waals surface area contributed by atoms with E-state index in [1.54, 1.807) is 0 Å². The zero-order valence-electron chi connectivity index (χ0n) is 7.62. The van der Waals surface area contributed by atoms with Gasteiger partial charge in [-0.25, -0.2) is 17.5 Å². The molecule has 0 aliphatic carbocycles. The van der Waals surface area contributed by atoms with Gasteiger partial charge in [-0.05, 0) is 12.1 Å². The van der Waals surface area contributed by atoms with Crippen molar-refractivity contribution in [2.24, 2.45) is 0 Å². The Hall–Kier alpha value is -1.14. The first-order chi connectivity index (χ1) is 6.40. The van der Waals surface area contributed by atoms with Gasteiger partial charge in [0.15, 0.2) is 0 Å². The van der Waals surface area contributed by atoms with Crippen molar-refractivity contribution in [3.05, 3.63) is 29.6 Å². The number of halogens is 1. The normalized spacial score (nSPS) is 11.6. The van der Waals surface area contributed by atoms with Crippen molar-refractivity contribution in [1.82, 2.24) is 4.72 Å². The van der Waals surface area contributed by atoms with Gasteiger partial charge in [-0.1, -0.05) is 6.07 Å². The van der Waals surface area contributed by atoms with Crippen molar-refractivity contribution >= 4 is 15.7 Å². The standard InChI is InChI=1S/C8H11FN2O2S/c1-14(12,13)11-5-6-7(9)3-2-4-8(6)10/h2-4,11H,5,10H2,1H3. The highest BCUT2D eigenvalue weighted by atomic mass is 32.2. The number of nitrogen functional groups attached to an aromatic ring is 1. The van der Waals surface area contributed by atoms with Gasteiger partial charge in [-0.15, -0.1) is 0 Å². The topological polar surface area (TPSA) is 72.2 Å². The molecular formula is C8H11FN2O2S. The molecule has 0 saturated heterocycles. The lowest BCUT2D eigenvalue weighted by molar-refractivity contribution is 0.580. The largest absolute Gasteiger partial charge is 0.398 e. The fraction of sp³-hybridized carbons (Fsp3) is 0.250. The Labute approximate surface area is 82.0 Å². The number of nitrogens with one attached hydrogen (secondary N) is 1. The first kappa shape index (κ1) is 10.9. The van der Waals surface area contributed by atoms with Crippen molar-refractivity contribution in [1.29, 1.82) is 0 Å². The summed E-state index contributed by atoms with van der Waals surface area (Å²) in [5.74, 6) is -0.513. The zero-order valence-corrected chi connectivity index (χ0v) is 8.44. The van der Waals surface area contributed by atoms with E-state index in [9.17, 15) is 12.8 Å². The van der Waals surface area contributed by atoms with Gasteiger partial charge >= 0.3 is 0 Å². The number of nitrogens with two attached hydrogens (primary N) is 1. The third-order valence-electron chi connectivity index (χ3n) is 1.67. The summed E-state index contributed by atoms with van der Waals surface area (Å²) in [6, 6.07) is 4.21. The summed E-state index contributed by atoms with van der Waals surface area (Å²) in [4.78, 5) is 0. The molecule has 78 valence electrons. The Balaban J connectivity index is 2.87. The maximum Gasteiger partial charge on any atom is 0.209 e. The number of anilines is 1. The van der Waals surface area contributed by atoms with E-state index in [4.69, 9.17) is 5.73 Å². The minimum Gasteiger partial charge on any atom is -0.398 e. The summed E-state index contributed by atoms with van der Waals surface area (Å²) in [5.41, 5.74) is 5.88. The predicted molar refractivity (Wildman–Crippen MR) is 52.5 cm³/mol. The van der Waals surface area contributed by atoms with E-state index < -0.39 is 15.8 Å². The maximum absolute atomic E-state index is 13.1. The molecule has 3 N–H and O–H groups in total. The lowest BCUT2D eigenvalue weighted by atomic mass is 10.2. The average molecular weight is 218 g/mol. The van der Waals surface area contributed by atoms with E-state index in [1.807, 2.05) is 0 Å². The van der Waals surface area contributed by atoms with Gasteiger partial charge in [0.25, 0.3) is 0 Å². The predicted octanol–water partition coefficient (Wildman–Crippen LogP) is 0.457. The van der Waals surface area contributed by atoms with Gasteiger partial charge in [0.05, 0.1) is 6.26 Å². The first-order valence-electron chi connectivity index (χ1n) is 3.87. The van der Waals surface area contributed by atoms with E-state index >= 15 is 0 Å². The van der Waals surface area contributed by atoms with Crippen molar-refractivity contribution < 1.29 is 12.8 Å². The Bertz CT molecular complexity index is 411. The molecule has 0 spiro atoms. The molecule has 0 saturated carbocycles. The van der Waals surface area contributed by atoms with Crippen LogP contribution >= 0.6 is 0 Å². The van der Waals surface area contributed by atoms with Gasteiger partial charge in [0.1, 0.15) is 5.82 Å². The highest BCUT2D eigenvalue weighted by molar-refractivity contribution is 7.88. The van der Waals surface area contributed by atoms with Gasteiger partial charge in [-0.3, -0.25) is 0 Å². The third-order valence-corrected chi connectivity index (χ3v) is 2.33. The summed E-state index contributed by atoms with van der Waals surface area (Å²) in [6.07, 6.45) is 1.00. The Kier molecular flexibility index (Phi) is 3.07. The SMILES string of the molecule is CS(=O)(=O)NCc1c(N)cccc1F. The second-order valence-electron chi connectivity index (χ2n) is 2.90. The molecule has 0 bridgehead atoms. The van der Waals surface area contributed by atoms with Gasteiger partial charge in [0.2, 0.25) is 10.0 Å². The van der Waals surface area contributed by atoms with Crippen LogP contribution in [0.25, 0.3) is 0 Å². The van der Waals surface area contributed by atoms with Crippen LogP contribution in [0.4, 0.5) is 10.1 Å². The lowest BCUT2D eigenvalue weighted by Crippen LogP contribution is -2.22. The van der Waals surface area contributed by atoms with Crippen molar-refractivity contribution in [3.8, 4) is 0 Å². The minimum atomic E-state index is -3.33. The summed E-state index contributed by atoms with van der Waals surface area (Å²) < 4.78 is 36.8. The molecule has 1 rings (SSSR count). The van der Waals surface area contributed by atoms with Crippen LogP contribution in [0.5, 0.6) is 0 Å². The Morgan fingerprint density at radius 2 is 2.14 bits per heavy atom. The quantitative estimate of drug-likeness (QED) is 0.724. The first-order valence-corrected chi connectivity index (χ1v) is 5.77. The molecule has 0 aromatic heterocycles. The van der Waals surface area contributed by atoms with Crippen LogP contribution < -0.4 is 10.5 Å². The molecule has 6 heteroatoms. The number of benzene rings is 1. The second-order valence-corrected chi connectivity index (χ2v) is 4.73. The van der Waals surface area contributed by atoms with Crippen LogP contribution in [-0.4, -0.2) is 14.7 Å². The summed E-state index contributed by atoms with van der Waals surface area (Å²) in [7, 11) is -3.33. The van der Waals surface area contributed by atoms with Crippen LogP contribution in [0.1, 0.15) is 5.56 Å². The highest BCUT2D eigenvalue weighted by Gasteiger charge is 2.08. The van der Waals surface area contributed by atoms with E-state index in [-0.39, 0.29) is 17.8 Å². The molecule has 0 aliphatic heterocycles. The highest BCUT2D eigenvalue weighted by Crippen LogP contribution is 2.15. The molecule has 4 nitrogen and oxygen atoms in total. The maximum atomic E-state index is 13.1. The smallest absolute Gasteiger partial charge is 0.209 e. The molecule has 1 aromatic rings. The second kappa shape index (κ2) is 3.93. The molecular weight excluding hydrogens is 207 g/mol. The van der Waals surface area contributed by atoms with E-state index in [0.29, 0.717) is 0 Å². The minimum absolute atomic E-state index is 0.128. The van der Waals surface area contributed by atoms with E-state index in [0.717, 1.165) is 6.26 Å². The van der Waals surface area contributed by atoms with Crippen molar-refractivity contribution in [3.63, 3.8) is 0 Å². The Morgan fingerprint density at radius 1 is 1.50 bits per heavy atom. The molecule has 0 radical (unpaired) electrons. The fourth-order valence-electron chi connectivity index (χ4n) is 0.965.